The number of phenolic OH excluding ortho intramolecular Hbond substituents is 1. The van der Waals surface area contributed by atoms with Crippen molar-refractivity contribution in [2.45, 2.75) is 32.1 Å². The Hall–Kier alpha value is -2.93. The lowest BCUT2D eigenvalue weighted by Gasteiger charge is -2.27. The van der Waals surface area contributed by atoms with Crippen LogP contribution >= 0.6 is 0 Å². The van der Waals surface area contributed by atoms with Crippen molar-refractivity contribution in [1.29, 1.82) is 5.26 Å². The van der Waals surface area contributed by atoms with Gasteiger partial charge in [0.1, 0.15) is 23.1 Å². The highest BCUT2D eigenvalue weighted by Crippen LogP contribution is 2.43. The van der Waals surface area contributed by atoms with Gasteiger partial charge in [-0.2, -0.15) is 5.26 Å². The zero-order valence-corrected chi connectivity index (χ0v) is 14.0. The van der Waals surface area contributed by atoms with Crippen molar-refractivity contribution in [2.75, 3.05) is 0 Å². The fourth-order valence-corrected chi connectivity index (χ4v) is 2.96. The van der Waals surface area contributed by atoms with Crippen molar-refractivity contribution < 1.29 is 9.84 Å². The van der Waals surface area contributed by atoms with Crippen LogP contribution in [0.15, 0.2) is 53.9 Å². The molecule has 0 fully saturated rings. The van der Waals surface area contributed by atoms with Crippen LogP contribution in [0.3, 0.4) is 0 Å². The maximum absolute atomic E-state index is 9.68. The smallest absolute Gasteiger partial charge is 0.205 e. The molecule has 24 heavy (non-hydrogen) atoms. The molecule has 2 aromatic carbocycles. The summed E-state index contributed by atoms with van der Waals surface area (Å²) in [6.07, 6.45) is 0. The summed E-state index contributed by atoms with van der Waals surface area (Å²) >= 11 is 0. The third kappa shape index (κ3) is 2.69. The Labute approximate surface area is 141 Å². The van der Waals surface area contributed by atoms with Crippen molar-refractivity contribution in [2.24, 2.45) is 5.73 Å². The topological polar surface area (TPSA) is 79.3 Å². The summed E-state index contributed by atoms with van der Waals surface area (Å²) in [7, 11) is 0. The number of nitrogens with two attached hydrogens (primary N) is 1. The third-order valence-corrected chi connectivity index (χ3v) is 4.31. The summed E-state index contributed by atoms with van der Waals surface area (Å²) in [4.78, 5) is 0. The van der Waals surface area contributed by atoms with Crippen LogP contribution in [0.4, 0.5) is 0 Å². The Morgan fingerprint density at radius 2 is 1.79 bits per heavy atom. The van der Waals surface area contributed by atoms with Gasteiger partial charge in [0, 0.05) is 11.6 Å². The van der Waals surface area contributed by atoms with Crippen LogP contribution in [-0.2, 0) is 5.41 Å². The zero-order chi connectivity index (χ0) is 17.5. The fraction of sp³-hybridized carbons (Fsp3) is 0.250. The average Bonchev–Trinajstić information content (AvgIpc) is 2.52. The molecule has 0 spiro atoms. The van der Waals surface area contributed by atoms with E-state index in [1.807, 2.05) is 12.1 Å². The number of ether oxygens (including phenoxy) is 1. The van der Waals surface area contributed by atoms with Crippen LogP contribution in [0.25, 0.3) is 0 Å². The molecular formula is C20H20N2O2. The number of hydrogen-bond acceptors (Lipinski definition) is 4. The highest BCUT2D eigenvalue weighted by molar-refractivity contribution is 5.57. The first-order chi connectivity index (χ1) is 11.3. The van der Waals surface area contributed by atoms with Crippen LogP contribution in [-0.4, -0.2) is 5.11 Å². The number of rotatable bonds is 1. The lowest BCUT2D eigenvalue weighted by molar-refractivity contribution is 0.388. The second kappa shape index (κ2) is 5.61. The van der Waals surface area contributed by atoms with E-state index < -0.39 is 0 Å². The number of aromatic hydroxyl groups is 1. The van der Waals surface area contributed by atoms with Gasteiger partial charge in [0.25, 0.3) is 0 Å². The molecule has 4 heteroatoms. The lowest BCUT2D eigenvalue weighted by Crippen LogP contribution is -2.21. The molecule has 4 nitrogen and oxygen atoms in total. The van der Waals surface area contributed by atoms with Crippen molar-refractivity contribution >= 4 is 0 Å². The maximum atomic E-state index is 9.68. The van der Waals surface area contributed by atoms with E-state index in [2.05, 4.69) is 39.0 Å². The Morgan fingerprint density at radius 3 is 2.38 bits per heavy atom. The molecule has 3 rings (SSSR count). The molecule has 1 aliphatic heterocycles. The number of nitriles is 1. The molecule has 1 heterocycles. The molecule has 122 valence electrons. The van der Waals surface area contributed by atoms with Crippen LogP contribution < -0.4 is 10.5 Å². The van der Waals surface area contributed by atoms with Gasteiger partial charge in [-0.05, 0) is 22.6 Å². The fourth-order valence-electron chi connectivity index (χ4n) is 2.96. The van der Waals surface area contributed by atoms with E-state index in [1.165, 1.54) is 11.6 Å². The van der Waals surface area contributed by atoms with Gasteiger partial charge in [0.15, 0.2) is 0 Å². The minimum absolute atomic E-state index is 0.0603. The summed E-state index contributed by atoms with van der Waals surface area (Å²) in [5, 5.41) is 19.2. The maximum Gasteiger partial charge on any atom is 0.205 e. The molecule has 2 aromatic rings. The van der Waals surface area contributed by atoms with Crippen LogP contribution in [0, 0.1) is 11.3 Å². The minimum Gasteiger partial charge on any atom is -0.508 e. The monoisotopic (exact) mass is 320 g/mol. The van der Waals surface area contributed by atoms with E-state index >= 15 is 0 Å². The Kier molecular flexibility index (Phi) is 3.73. The first kappa shape index (κ1) is 15.9. The molecule has 0 aliphatic carbocycles. The summed E-state index contributed by atoms with van der Waals surface area (Å²) in [6, 6.07) is 15.3. The first-order valence-electron chi connectivity index (χ1n) is 7.82. The molecule has 0 radical (unpaired) electrons. The molecule has 1 aliphatic rings. The average molecular weight is 320 g/mol. The predicted octanol–water partition coefficient (Wildman–Crippen LogP) is 3.91. The number of benzene rings is 2. The summed E-state index contributed by atoms with van der Waals surface area (Å²) in [5.41, 5.74) is 9.39. The Morgan fingerprint density at radius 1 is 1.12 bits per heavy atom. The minimum atomic E-state index is -0.298. The van der Waals surface area contributed by atoms with Gasteiger partial charge in [0.05, 0.1) is 5.92 Å². The molecule has 3 N–H and O–H groups in total. The molecule has 0 amide bonds. The molecule has 0 aromatic heterocycles. The molecule has 0 saturated heterocycles. The Balaban J connectivity index is 2.13. The summed E-state index contributed by atoms with van der Waals surface area (Å²) in [6.45, 7) is 6.48. The van der Waals surface area contributed by atoms with Gasteiger partial charge in [-0.1, -0.05) is 51.1 Å². The molecule has 0 saturated carbocycles. The number of hydrogen-bond donors (Lipinski definition) is 2. The molecular weight excluding hydrogens is 300 g/mol. The van der Waals surface area contributed by atoms with Crippen molar-refractivity contribution in [1.82, 2.24) is 0 Å². The van der Waals surface area contributed by atoms with Gasteiger partial charge in [-0.25, -0.2) is 0 Å². The third-order valence-electron chi connectivity index (χ3n) is 4.31. The molecule has 1 unspecified atom stereocenters. The summed E-state index contributed by atoms with van der Waals surface area (Å²) < 4.78 is 5.52. The normalized spacial score (nSPS) is 17.0. The second-order valence-electron chi connectivity index (χ2n) is 7.02. The second-order valence-corrected chi connectivity index (χ2v) is 7.02. The van der Waals surface area contributed by atoms with E-state index in [9.17, 15) is 10.4 Å². The van der Waals surface area contributed by atoms with Crippen molar-refractivity contribution in [3.63, 3.8) is 0 Å². The Bertz CT molecular complexity index is 853. The highest BCUT2D eigenvalue weighted by atomic mass is 16.5. The highest BCUT2D eigenvalue weighted by Gasteiger charge is 2.31. The van der Waals surface area contributed by atoms with Crippen LogP contribution in [0.5, 0.6) is 11.5 Å². The lowest BCUT2D eigenvalue weighted by atomic mass is 9.81. The number of allylic oxidation sites excluding steroid dienone is 1. The number of phenols is 1. The summed E-state index contributed by atoms with van der Waals surface area (Å²) in [5.74, 6) is 0.369. The largest absolute Gasteiger partial charge is 0.508 e. The quantitative estimate of drug-likeness (QED) is 0.835. The first-order valence-corrected chi connectivity index (χ1v) is 7.82. The van der Waals surface area contributed by atoms with E-state index in [-0.39, 0.29) is 23.0 Å². The SMILES string of the molecule is CC(C)(C)c1ccc(C2C(C#N)=C(N)Oc3cc(O)ccc32)cc1. The number of fused-ring (bicyclic) bond motifs is 1. The predicted molar refractivity (Wildman–Crippen MR) is 92.5 cm³/mol. The number of nitrogens with zero attached hydrogens (tertiary/aromatic N) is 1. The van der Waals surface area contributed by atoms with E-state index in [1.54, 1.807) is 12.1 Å². The van der Waals surface area contributed by atoms with Gasteiger partial charge >= 0.3 is 0 Å². The van der Waals surface area contributed by atoms with E-state index in [0.29, 0.717) is 11.3 Å². The van der Waals surface area contributed by atoms with Gasteiger partial charge < -0.3 is 15.6 Å². The van der Waals surface area contributed by atoms with Gasteiger partial charge in [-0.3, -0.25) is 0 Å². The molecule has 1 atom stereocenters. The zero-order valence-electron chi connectivity index (χ0n) is 14.0. The van der Waals surface area contributed by atoms with Crippen molar-refractivity contribution in [3.05, 3.63) is 70.6 Å². The van der Waals surface area contributed by atoms with Gasteiger partial charge in [0.2, 0.25) is 5.88 Å². The van der Waals surface area contributed by atoms with Gasteiger partial charge in [-0.15, -0.1) is 0 Å². The molecule has 0 bridgehead atoms. The van der Waals surface area contributed by atoms with E-state index in [4.69, 9.17) is 10.5 Å². The van der Waals surface area contributed by atoms with Crippen molar-refractivity contribution in [3.8, 4) is 17.6 Å². The standard InChI is InChI=1S/C20H20N2O2/c1-20(2,3)13-6-4-12(5-7-13)18-15-9-8-14(23)10-17(15)24-19(22)16(18)11-21/h4-10,18,23H,22H2,1-3H3. The van der Waals surface area contributed by atoms with Crippen LogP contribution in [0.2, 0.25) is 0 Å². The van der Waals surface area contributed by atoms with E-state index in [0.717, 1.165) is 11.1 Å². The van der Waals surface area contributed by atoms with Crippen LogP contribution in [0.1, 0.15) is 43.4 Å².